The van der Waals surface area contributed by atoms with E-state index in [2.05, 4.69) is 4.74 Å². The molecule has 0 saturated carbocycles. The first-order valence-electron chi connectivity index (χ1n) is 6.34. The summed E-state index contributed by atoms with van der Waals surface area (Å²) < 4.78 is 36.0. The summed E-state index contributed by atoms with van der Waals surface area (Å²) in [6, 6.07) is 1.68. The van der Waals surface area contributed by atoms with Gasteiger partial charge in [-0.2, -0.15) is 4.31 Å². The van der Waals surface area contributed by atoms with Crippen LogP contribution in [-0.4, -0.2) is 46.5 Å². The van der Waals surface area contributed by atoms with E-state index in [1.807, 2.05) is 0 Å². The second-order valence-corrected chi connectivity index (χ2v) is 6.79. The predicted octanol–water partition coefficient (Wildman–Crippen LogP) is 1.41. The Morgan fingerprint density at radius 3 is 2.24 bits per heavy atom. The van der Waals surface area contributed by atoms with Crippen LogP contribution >= 0.6 is 0 Å². The van der Waals surface area contributed by atoms with E-state index in [-0.39, 0.29) is 11.4 Å². The standard InChI is InChI=1S/C14H21NO5S/c1-9-7-12(19-5)10(2)11(3)14(9)21(17,18)15(4)8-13(16)20-6/h7H,8H2,1-6H3. The summed E-state index contributed by atoms with van der Waals surface area (Å²) in [7, 11) is 0.335. The molecule has 0 heterocycles. The van der Waals surface area contributed by atoms with Gasteiger partial charge in [0, 0.05) is 7.05 Å². The maximum absolute atomic E-state index is 12.7. The fourth-order valence-corrected chi connectivity index (χ4v) is 3.71. The Hall–Kier alpha value is -1.60. The van der Waals surface area contributed by atoms with E-state index in [0.29, 0.717) is 16.9 Å². The molecule has 0 bridgehead atoms. The number of benzene rings is 1. The van der Waals surface area contributed by atoms with Gasteiger partial charge in [0.05, 0.1) is 19.1 Å². The topological polar surface area (TPSA) is 72.9 Å². The number of sulfonamides is 1. The van der Waals surface area contributed by atoms with E-state index in [1.54, 1.807) is 33.9 Å². The van der Waals surface area contributed by atoms with Crippen LogP contribution in [0, 0.1) is 20.8 Å². The highest BCUT2D eigenvalue weighted by atomic mass is 32.2. The van der Waals surface area contributed by atoms with Crippen molar-refractivity contribution in [2.24, 2.45) is 0 Å². The van der Waals surface area contributed by atoms with Gasteiger partial charge in [-0.1, -0.05) is 0 Å². The molecule has 6 nitrogen and oxygen atoms in total. The van der Waals surface area contributed by atoms with E-state index in [4.69, 9.17) is 4.74 Å². The number of aryl methyl sites for hydroxylation is 1. The normalized spacial score (nSPS) is 11.6. The molecule has 118 valence electrons. The zero-order valence-electron chi connectivity index (χ0n) is 13.2. The lowest BCUT2D eigenvalue weighted by Gasteiger charge is -2.21. The summed E-state index contributed by atoms with van der Waals surface area (Å²) in [5.41, 5.74) is 1.95. The van der Waals surface area contributed by atoms with Crippen molar-refractivity contribution in [1.29, 1.82) is 0 Å². The van der Waals surface area contributed by atoms with Crippen molar-refractivity contribution in [2.45, 2.75) is 25.7 Å². The predicted molar refractivity (Wildman–Crippen MR) is 79.0 cm³/mol. The lowest BCUT2D eigenvalue weighted by molar-refractivity contribution is -0.140. The third kappa shape index (κ3) is 3.36. The lowest BCUT2D eigenvalue weighted by Crippen LogP contribution is -2.33. The first-order valence-corrected chi connectivity index (χ1v) is 7.78. The van der Waals surface area contributed by atoms with Gasteiger partial charge in [0.2, 0.25) is 10.0 Å². The molecular weight excluding hydrogens is 294 g/mol. The molecule has 0 aromatic heterocycles. The fraction of sp³-hybridized carbons (Fsp3) is 0.500. The van der Waals surface area contributed by atoms with Gasteiger partial charge in [0.25, 0.3) is 0 Å². The van der Waals surface area contributed by atoms with Gasteiger partial charge in [0.1, 0.15) is 12.3 Å². The molecule has 0 spiro atoms. The number of hydrogen-bond donors (Lipinski definition) is 0. The van der Waals surface area contributed by atoms with Crippen LogP contribution < -0.4 is 4.74 Å². The van der Waals surface area contributed by atoms with Gasteiger partial charge in [-0.3, -0.25) is 4.79 Å². The Balaban J connectivity index is 3.39. The van der Waals surface area contributed by atoms with Crippen LogP contribution in [0.2, 0.25) is 0 Å². The summed E-state index contributed by atoms with van der Waals surface area (Å²) in [5.74, 6) is 0.0289. The van der Waals surface area contributed by atoms with Gasteiger partial charge in [-0.25, -0.2) is 8.42 Å². The molecule has 1 aromatic carbocycles. The summed E-state index contributed by atoms with van der Waals surface area (Å²) in [4.78, 5) is 11.5. The molecule has 0 fully saturated rings. The van der Waals surface area contributed by atoms with Gasteiger partial charge in [-0.15, -0.1) is 0 Å². The van der Waals surface area contributed by atoms with Crippen molar-refractivity contribution in [3.63, 3.8) is 0 Å². The van der Waals surface area contributed by atoms with Gasteiger partial charge in [0.15, 0.2) is 0 Å². The Labute approximate surface area is 125 Å². The number of nitrogens with zero attached hydrogens (tertiary/aromatic N) is 1. The lowest BCUT2D eigenvalue weighted by atomic mass is 10.1. The van der Waals surface area contributed by atoms with Crippen LogP contribution in [0.25, 0.3) is 0 Å². The highest BCUT2D eigenvalue weighted by molar-refractivity contribution is 7.89. The molecule has 1 aromatic rings. The SMILES string of the molecule is COC(=O)CN(C)S(=O)(=O)c1c(C)cc(OC)c(C)c1C. The Kier molecular flexibility index (Phi) is 5.36. The van der Waals surface area contributed by atoms with Gasteiger partial charge in [-0.05, 0) is 43.5 Å². The van der Waals surface area contributed by atoms with Crippen molar-refractivity contribution >= 4 is 16.0 Å². The van der Waals surface area contributed by atoms with E-state index < -0.39 is 16.0 Å². The van der Waals surface area contributed by atoms with Crippen LogP contribution in [0.5, 0.6) is 5.75 Å². The first-order chi connectivity index (χ1) is 9.66. The molecule has 1 rings (SSSR count). The average molecular weight is 315 g/mol. The molecule has 7 heteroatoms. The number of carbonyl (C=O) groups is 1. The molecular formula is C14H21NO5S. The minimum Gasteiger partial charge on any atom is -0.496 e. The van der Waals surface area contributed by atoms with Gasteiger partial charge >= 0.3 is 5.97 Å². The zero-order chi connectivity index (χ0) is 16.4. The number of likely N-dealkylation sites (N-methyl/N-ethyl adjacent to an activating group) is 1. The Bertz CT molecular complexity index is 652. The smallest absolute Gasteiger partial charge is 0.321 e. The highest BCUT2D eigenvalue weighted by Gasteiger charge is 2.28. The molecule has 0 aliphatic carbocycles. The second-order valence-electron chi connectivity index (χ2n) is 4.81. The third-order valence-corrected chi connectivity index (χ3v) is 5.54. The van der Waals surface area contributed by atoms with E-state index in [0.717, 1.165) is 9.87 Å². The number of carbonyl (C=O) groups excluding carboxylic acids is 1. The molecule has 21 heavy (non-hydrogen) atoms. The molecule has 0 saturated heterocycles. The van der Waals surface area contributed by atoms with E-state index in [1.165, 1.54) is 14.2 Å². The first kappa shape index (κ1) is 17.5. The van der Waals surface area contributed by atoms with E-state index >= 15 is 0 Å². The monoisotopic (exact) mass is 315 g/mol. The summed E-state index contributed by atoms with van der Waals surface area (Å²) in [5, 5.41) is 0. The quantitative estimate of drug-likeness (QED) is 0.768. The van der Waals surface area contributed by atoms with Crippen LogP contribution in [0.15, 0.2) is 11.0 Å². The number of esters is 1. The second kappa shape index (κ2) is 6.44. The van der Waals surface area contributed by atoms with Crippen LogP contribution in [0.4, 0.5) is 0 Å². The molecule has 0 amide bonds. The summed E-state index contributed by atoms with van der Waals surface area (Å²) >= 11 is 0. The molecule has 0 aliphatic rings. The van der Waals surface area contributed by atoms with Crippen molar-refractivity contribution in [3.8, 4) is 5.75 Å². The van der Waals surface area contributed by atoms with E-state index in [9.17, 15) is 13.2 Å². The molecule has 0 aliphatic heterocycles. The molecule has 0 N–H and O–H groups in total. The largest absolute Gasteiger partial charge is 0.496 e. The minimum absolute atomic E-state index is 0.201. The van der Waals surface area contributed by atoms with Crippen molar-refractivity contribution < 1.29 is 22.7 Å². The average Bonchev–Trinajstić information content (AvgIpc) is 2.42. The molecule has 0 atom stereocenters. The van der Waals surface area contributed by atoms with Crippen molar-refractivity contribution in [2.75, 3.05) is 27.8 Å². The third-order valence-electron chi connectivity index (χ3n) is 3.45. The number of hydrogen-bond acceptors (Lipinski definition) is 5. The molecule has 0 unspecified atom stereocenters. The zero-order valence-corrected chi connectivity index (χ0v) is 14.0. The minimum atomic E-state index is -3.78. The maximum Gasteiger partial charge on any atom is 0.321 e. The Morgan fingerprint density at radius 2 is 1.76 bits per heavy atom. The number of methoxy groups -OCH3 is 2. The summed E-state index contributed by atoms with van der Waals surface area (Å²) in [6.45, 7) is 4.90. The van der Waals surface area contributed by atoms with Crippen LogP contribution in [-0.2, 0) is 19.6 Å². The van der Waals surface area contributed by atoms with Crippen LogP contribution in [0.1, 0.15) is 16.7 Å². The fourth-order valence-electron chi connectivity index (χ4n) is 2.12. The number of ether oxygens (including phenoxy) is 2. The van der Waals surface area contributed by atoms with Crippen molar-refractivity contribution in [3.05, 3.63) is 22.8 Å². The summed E-state index contributed by atoms with van der Waals surface area (Å²) in [6.07, 6.45) is 0. The van der Waals surface area contributed by atoms with Crippen LogP contribution in [0.3, 0.4) is 0 Å². The molecule has 0 radical (unpaired) electrons. The maximum atomic E-state index is 12.7. The van der Waals surface area contributed by atoms with Crippen molar-refractivity contribution in [1.82, 2.24) is 4.31 Å². The van der Waals surface area contributed by atoms with Gasteiger partial charge < -0.3 is 9.47 Å². The highest BCUT2D eigenvalue weighted by Crippen LogP contribution is 2.31. The Morgan fingerprint density at radius 1 is 1.19 bits per heavy atom. The number of rotatable bonds is 5.